The number of carbonyl (C=O) groups excluding carboxylic acids is 1. The molecule has 0 aliphatic carbocycles. The normalized spacial score (nSPS) is 12.4. The minimum atomic E-state index is -3.87. The number of sulfonamides is 1. The topological polar surface area (TPSA) is 116 Å². The van der Waals surface area contributed by atoms with E-state index in [-0.39, 0.29) is 22.2 Å². The van der Waals surface area contributed by atoms with Crippen LogP contribution in [-0.4, -0.2) is 45.4 Å². The summed E-state index contributed by atoms with van der Waals surface area (Å²) in [5.41, 5.74) is 10.3. The maximum atomic E-state index is 12.8. The number of rotatable bonds is 8. The second-order valence-corrected chi connectivity index (χ2v) is 8.43. The van der Waals surface area contributed by atoms with Gasteiger partial charge in [-0.3, -0.25) is 4.79 Å². The van der Waals surface area contributed by atoms with Crippen molar-refractivity contribution in [2.24, 2.45) is 16.9 Å². The van der Waals surface area contributed by atoms with Gasteiger partial charge in [0.15, 0.2) is 6.61 Å². The van der Waals surface area contributed by atoms with Crippen molar-refractivity contribution in [2.75, 3.05) is 26.7 Å². The molecule has 0 aliphatic rings. The Morgan fingerprint density at radius 3 is 2.52 bits per heavy atom. The molecule has 0 fully saturated rings. The number of nitrogens with two attached hydrogens (primary N) is 2. The fourth-order valence-electron chi connectivity index (χ4n) is 1.87. The highest BCUT2D eigenvalue weighted by atomic mass is 35.5. The summed E-state index contributed by atoms with van der Waals surface area (Å²) in [6.45, 7) is 3.84. The monoisotopic (exact) mass is 363 g/mol. The average molecular weight is 364 g/mol. The summed E-state index contributed by atoms with van der Waals surface area (Å²) in [5.74, 6) is -0.688. The van der Waals surface area contributed by atoms with Crippen LogP contribution in [0.15, 0.2) is 23.1 Å². The second kappa shape index (κ2) is 7.48. The lowest BCUT2D eigenvalue weighted by atomic mass is 9.94. The largest absolute Gasteiger partial charge is 0.482 e. The van der Waals surface area contributed by atoms with E-state index in [4.69, 9.17) is 27.8 Å². The molecular weight excluding hydrogens is 342 g/mol. The van der Waals surface area contributed by atoms with Gasteiger partial charge in [0.1, 0.15) is 10.6 Å². The number of hydrogen-bond donors (Lipinski definition) is 2. The van der Waals surface area contributed by atoms with Gasteiger partial charge in [-0.05, 0) is 30.2 Å². The Morgan fingerprint density at radius 2 is 2.00 bits per heavy atom. The third-order valence-electron chi connectivity index (χ3n) is 3.17. The molecule has 9 heteroatoms. The predicted molar refractivity (Wildman–Crippen MR) is 88.8 cm³/mol. The van der Waals surface area contributed by atoms with Crippen LogP contribution < -0.4 is 16.2 Å². The lowest BCUT2D eigenvalue weighted by molar-refractivity contribution is -0.120. The first-order valence-corrected chi connectivity index (χ1v) is 8.68. The number of primary amides is 1. The van der Waals surface area contributed by atoms with Gasteiger partial charge in [0, 0.05) is 18.6 Å². The number of benzene rings is 1. The van der Waals surface area contributed by atoms with Crippen LogP contribution in [0.2, 0.25) is 5.02 Å². The van der Waals surface area contributed by atoms with E-state index < -0.39 is 28.0 Å². The van der Waals surface area contributed by atoms with Crippen molar-refractivity contribution < 1.29 is 17.9 Å². The molecule has 7 nitrogen and oxygen atoms in total. The van der Waals surface area contributed by atoms with Crippen LogP contribution in [0.4, 0.5) is 0 Å². The zero-order valence-corrected chi connectivity index (χ0v) is 14.9. The molecule has 0 heterocycles. The summed E-state index contributed by atoms with van der Waals surface area (Å²) in [4.78, 5) is 10.7. The quantitative estimate of drug-likeness (QED) is 0.709. The minimum Gasteiger partial charge on any atom is -0.482 e. The highest BCUT2D eigenvalue weighted by Gasteiger charge is 2.30. The lowest BCUT2D eigenvalue weighted by Crippen LogP contribution is -2.39. The standard InChI is InChI=1S/C14H22ClN3O4S/c1-14(2,8-16)9-18(3)23(20,21)12-6-10(15)4-5-11(12)22-7-13(17)19/h4-6H,7-9,16H2,1-3H3,(H2,17,19). The zero-order chi connectivity index (χ0) is 17.8. The van der Waals surface area contributed by atoms with Gasteiger partial charge in [0.05, 0.1) is 0 Å². The Morgan fingerprint density at radius 1 is 1.39 bits per heavy atom. The van der Waals surface area contributed by atoms with Gasteiger partial charge >= 0.3 is 0 Å². The highest BCUT2D eigenvalue weighted by molar-refractivity contribution is 7.89. The molecule has 0 bridgehead atoms. The van der Waals surface area contributed by atoms with Crippen molar-refractivity contribution in [3.63, 3.8) is 0 Å². The number of halogens is 1. The van der Waals surface area contributed by atoms with Crippen LogP contribution >= 0.6 is 11.6 Å². The number of carbonyl (C=O) groups is 1. The summed E-state index contributed by atoms with van der Waals surface area (Å²) in [7, 11) is -2.42. The van der Waals surface area contributed by atoms with Crippen molar-refractivity contribution in [3.05, 3.63) is 23.2 Å². The van der Waals surface area contributed by atoms with Gasteiger partial charge in [-0.25, -0.2) is 12.7 Å². The van der Waals surface area contributed by atoms with Crippen molar-refractivity contribution in [2.45, 2.75) is 18.7 Å². The SMILES string of the molecule is CN(CC(C)(C)CN)S(=O)(=O)c1cc(Cl)ccc1OCC(N)=O. The van der Waals surface area contributed by atoms with Crippen LogP contribution in [0.3, 0.4) is 0 Å². The molecule has 0 aromatic heterocycles. The molecule has 0 unspecified atom stereocenters. The number of hydrogen-bond acceptors (Lipinski definition) is 5. The van der Waals surface area contributed by atoms with E-state index in [2.05, 4.69) is 0 Å². The molecule has 0 aliphatic heterocycles. The van der Waals surface area contributed by atoms with Crippen LogP contribution in [0, 0.1) is 5.41 Å². The van der Waals surface area contributed by atoms with Crippen molar-refractivity contribution in [1.82, 2.24) is 4.31 Å². The first kappa shape index (κ1) is 19.7. The van der Waals surface area contributed by atoms with Crippen molar-refractivity contribution >= 4 is 27.5 Å². The first-order chi connectivity index (χ1) is 10.5. The molecule has 0 atom stereocenters. The van der Waals surface area contributed by atoms with E-state index in [9.17, 15) is 13.2 Å². The van der Waals surface area contributed by atoms with Gasteiger partial charge in [-0.1, -0.05) is 25.4 Å². The maximum absolute atomic E-state index is 12.8. The Balaban J connectivity index is 3.20. The average Bonchev–Trinajstić information content (AvgIpc) is 2.45. The second-order valence-electron chi connectivity index (χ2n) is 5.98. The van der Waals surface area contributed by atoms with E-state index in [1.807, 2.05) is 13.8 Å². The molecule has 130 valence electrons. The number of amides is 1. The molecule has 0 radical (unpaired) electrons. The lowest BCUT2D eigenvalue weighted by Gasteiger charge is -2.28. The highest BCUT2D eigenvalue weighted by Crippen LogP contribution is 2.30. The predicted octanol–water partition coefficient (Wildman–Crippen LogP) is 0.810. The summed E-state index contributed by atoms with van der Waals surface area (Å²) in [6, 6.07) is 4.14. The summed E-state index contributed by atoms with van der Waals surface area (Å²) in [6.07, 6.45) is 0. The summed E-state index contributed by atoms with van der Waals surface area (Å²) in [5, 5.41) is 0.237. The van der Waals surface area contributed by atoms with Gasteiger partial charge in [0.2, 0.25) is 10.0 Å². The number of nitrogens with zero attached hydrogens (tertiary/aromatic N) is 1. The molecule has 1 amide bonds. The van der Waals surface area contributed by atoms with Crippen LogP contribution in [0.25, 0.3) is 0 Å². The minimum absolute atomic E-state index is 0.0191. The zero-order valence-electron chi connectivity index (χ0n) is 13.4. The Hall–Kier alpha value is -1.35. The van der Waals surface area contributed by atoms with E-state index in [0.717, 1.165) is 0 Å². The maximum Gasteiger partial charge on any atom is 0.255 e. The molecule has 23 heavy (non-hydrogen) atoms. The molecule has 1 rings (SSSR count). The van der Waals surface area contributed by atoms with Crippen LogP contribution in [0.5, 0.6) is 5.75 Å². The first-order valence-electron chi connectivity index (χ1n) is 6.86. The summed E-state index contributed by atoms with van der Waals surface area (Å²) >= 11 is 5.90. The molecule has 4 N–H and O–H groups in total. The molecule has 0 saturated carbocycles. The molecule has 0 spiro atoms. The third kappa shape index (κ3) is 5.35. The molecule has 1 aromatic carbocycles. The Bertz CT molecular complexity index is 677. The molecular formula is C14H22ClN3O4S. The molecule has 0 saturated heterocycles. The van der Waals surface area contributed by atoms with E-state index in [1.165, 1.54) is 29.6 Å². The van der Waals surface area contributed by atoms with E-state index >= 15 is 0 Å². The Labute approximate surface area is 141 Å². The number of ether oxygens (including phenoxy) is 1. The van der Waals surface area contributed by atoms with Gasteiger partial charge in [-0.15, -0.1) is 0 Å². The van der Waals surface area contributed by atoms with Crippen LogP contribution in [0.1, 0.15) is 13.8 Å². The fourth-order valence-corrected chi connectivity index (χ4v) is 3.62. The van der Waals surface area contributed by atoms with Gasteiger partial charge in [-0.2, -0.15) is 0 Å². The smallest absolute Gasteiger partial charge is 0.255 e. The van der Waals surface area contributed by atoms with Gasteiger partial charge in [0.25, 0.3) is 5.91 Å². The summed E-state index contributed by atoms with van der Waals surface area (Å²) < 4.78 is 31.9. The fraction of sp³-hybridized carbons (Fsp3) is 0.500. The van der Waals surface area contributed by atoms with Crippen molar-refractivity contribution in [1.29, 1.82) is 0 Å². The van der Waals surface area contributed by atoms with Crippen molar-refractivity contribution in [3.8, 4) is 5.75 Å². The molecule has 1 aromatic rings. The van der Waals surface area contributed by atoms with E-state index in [0.29, 0.717) is 6.54 Å². The van der Waals surface area contributed by atoms with E-state index in [1.54, 1.807) is 0 Å². The third-order valence-corrected chi connectivity index (χ3v) is 5.23. The Kier molecular flexibility index (Phi) is 6.41. The van der Waals surface area contributed by atoms with Gasteiger partial charge < -0.3 is 16.2 Å². The van der Waals surface area contributed by atoms with Crippen LogP contribution in [-0.2, 0) is 14.8 Å².